The minimum absolute atomic E-state index is 0. The van der Waals surface area contributed by atoms with E-state index >= 15 is 0 Å². The van der Waals surface area contributed by atoms with E-state index < -0.39 is 0 Å². The highest BCUT2D eigenvalue weighted by molar-refractivity contribution is 14.0. The number of nitrogens with one attached hydrogen (secondary N) is 1. The summed E-state index contributed by atoms with van der Waals surface area (Å²) in [6.45, 7) is 4.00. The second-order valence-electron chi connectivity index (χ2n) is 7.85. The average Bonchev–Trinajstić information content (AvgIpc) is 3.17. The van der Waals surface area contributed by atoms with E-state index in [0.29, 0.717) is 11.3 Å². The second kappa shape index (κ2) is 10.0. The molecule has 1 amide bonds. The van der Waals surface area contributed by atoms with E-state index in [-0.39, 0.29) is 29.9 Å². The zero-order chi connectivity index (χ0) is 18.7. The molecule has 0 radical (unpaired) electrons. The van der Waals surface area contributed by atoms with Gasteiger partial charge in [-0.25, -0.2) is 0 Å². The van der Waals surface area contributed by atoms with Gasteiger partial charge in [0.25, 0.3) is 0 Å². The number of rotatable bonds is 2. The third-order valence-electron chi connectivity index (χ3n) is 6.08. The Labute approximate surface area is 193 Å². The normalized spacial score (nSPS) is 21.8. The molecule has 1 saturated heterocycles. The van der Waals surface area contributed by atoms with Gasteiger partial charge in [-0.1, -0.05) is 19.3 Å². The topological polar surface area (TPSA) is 47.9 Å². The summed E-state index contributed by atoms with van der Waals surface area (Å²) in [6, 6.07) is 2.15. The molecule has 3 aliphatic rings. The molecule has 28 heavy (non-hydrogen) atoms. The van der Waals surface area contributed by atoms with Crippen LogP contribution < -0.4 is 5.32 Å². The predicted octanol–water partition coefficient (Wildman–Crippen LogP) is 3.58. The molecule has 2 fully saturated rings. The largest absolute Gasteiger partial charge is 0.347 e. The van der Waals surface area contributed by atoms with Crippen molar-refractivity contribution >= 4 is 58.9 Å². The van der Waals surface area contributed by atoms with Gasteiger partial charge in [0.2, 0.25) is 5.91 Å². The number of halogens is 1. The molecular weight excluding hydrogens is 503 g/mol. The highest BCUT2D eigenvalue weighted by Crippen LogP contribution is 2.42. The Morgan fingerprint density at radius 2 is 2.07 bits per heavy atom. The van der Waals surface area contributed by atoms with E-state index in [2.05, 4.69) is 38.4 Å². The maximum absolute atomic E-state index is 12.7. The minimum atomic E-state index is 0. The van der Waals surface area contributed by atoms with Crippen LogP contribution >= 0.6 is 47.1 Å². The van der Waals surface area contributed by atoms with Crippen LogP contribution in [0.15, 0.2) is 16.4 Å². The first-order valence-electron chi connectivity index (χ1n) is 10.1. The molecule has 1 spiro atoms. The van der Waals surface area contributed by atoms with Crippen molar-refractivity contribution in [1.29, 1.82) is 0 Å². The van der Waals surface area contributed by atoms with Crippen LogP contribution in [0.3, 0.4) is 0 Å². The van der Waals surface area contributed by atoms with E-state index in [1.54, 1.807) is 0 Å². The van der Waals surface area contributed by atoms with Gasteiger partial charge in [0.05, 0.1) is 6.54 Å². The molecule has 1 aromatic rings. The molecule has 1 aromatic heterocycles. The number of nitrogens with zero attached hydrogens (tertiary/aromatic N) is 3. The van der Waals surface area contributed by atoms with E-state index in [9.17, 15) is 4.79 Å². The zero-order valence-corrected chi connectivity index (χ0v) is 20.6. The van der Waals surface area contributed by atoms with Crippen molar-refractivity contribution in [2.45, 2.75) is 49.8 Å². The lowest BCUT2D eigenvalue weighted by Crippen LogP contribution is -2.54. The molecule has 0 bridgehead atoms. The molecule has 4 rings (SSSR count). The van der Waals surface area contributed by atoms with Gasteiger partial charge in [0.15, 0.2) is 5.96 Å². The summed E-state index contributed by atoms with van der Waals surface area (Å²) in [4.78, 5) is 23.0. The number of carbonyl (C=O) groups excluding carboxylic acids is 1. The molecule has 0 atom stereocenters. The van der Waals surface area contributed by atoms with Crippen LogP contribution in [0.1, 0.15) is 42.5 Å². The molecule has 0 unspecified atom stereocenters. The first-order valence-corrected chi connectivity index (χ1v) is 12.0. The Bertz CT molecular complexity index is 697. The monoisotopic (exact) mass is 534 g/mol. The van der Waals surface area contributed by atoms with Crippen LogP contribution in [0.5, 0.6) is 0 Å². The number of hydrogen-bond acceptors (Lipinski definition) is 4. The fraction of sp³-hybridized carbons (Fsp3) is 0.700. The lowest BCUT2D eigenvalue weighted by Gasteiger charge is -2.45. The van der Waals surface area contributed by atoms with E-state index in [1.807, 2.05) is 23.3 Å². The summed E-state index contributed by atoms with van der Waals surface area (Å²) in [6.07, 6.45) is 7.71. The van der Waals surface area contributed by atoms with Crippen LogP contribution in [0.25, 0.3) is 0 Å². The minimum Gasteiger partial charge on any atom is -0.347 e. The number of guanidine groups is 1. The first-order chi connectivity index (χ1) is 13.2. The van der Waals surface area contributed by atoms with Crippen molar-refractivity contribution in [3.63, 3.8) is 0 Å². The van der Waals surface area contributed by atoms with Crippen molar-refractivity contribution in [3.05, 3.63) is 21.9 Å². The van der Waals surface area contributed by atoms with Gasteiger partial charge in [0.1, 0.15) is 0 Å². The molecule has 0 aromatic carbocycles. The summed E-state index contributed by atoms with van der Waals surface area (Å²) in [5.41, 5.74) is 1.32. The standard InChI is InChI=1S/C20H30N4OS2.HI/c1-21-19(24-10-12-27-20(15-24)7-3-2-4-8-20)22-13-18(25)23-9-5-17-16(14-23)6-11-26-17;/h6,11H,2-5,7-10,12-15H2,1H3,(H,21,22);1H. The number of hydrogen-bond donors (Lipinski definition) is 1. The van der Waals surface area contributed by atoms with Crippen LogP contribution in [-0.4, -0.2) is 65.4 Å². The van der Waals surface area contributed by atoms with Crippen LogP contribution in [0.2, 0.25) is 0 Å². The molecular formula is C20H31IN4OS2. The number of thiophene rings is 1. The van der Waals surface area contributed by atoms with Gasteiger partial charge < -0.3 is 15.1 Å². The van der Waals surface area contributed by atoms with Crippen LogP contribution in [-0.2, 0) is 17.8 Å². The van der Waals surface area contributed by atoms with Crippen molar-refractivity contribution < 1.29 is 4.79 Å². The van der Waals surface area contributed by atoms with E-state index in [1.165, 1.54) is 42.5 Å². The molecule has 1 aliphatic carbocycles. The SMILES string of the molecule is CN=C(NCC(=O)N1CCc2sccc2C1)N1CCSC2(CCCCC2)C1.I. The Morgan fingerprint density at radius 3 is 2.86 bits per heavy atom. The number of amides is 1. The number of thioether (sulfide) groups is 1. The third-order valence-corrected chi connectivity index (χ3v) is 8.64. The smallest absolute Gasteiger partial charge is 0.242 e. The highest BCUT2D eigenvalue weighted by Gasteiger charge is 2.38. The fourth-order valence-electron chi connectivity index (χ4n) is 4.58. The van der Waals surface area contributed by atoms with Crippen molar-refractivity contribution in [2.24, 2.45) is 4.99 Å². The van der Waals surface area contributed by atoms with E-state index in [0.717, 1.165) is 44.3 Å². The van der Waals surface area contributed by atoms with Gasteiger partial charge in [0, 0.05) is 48.6 Å². The Morgan fingerprint density at radius 1 is 1.25 bits per heavy atom. The van der Waals surface area contributed by atoms with Gasteiger partial charge in [-0.05, 0) is 36.3 Å². The van der Waals surface area contributed by atoms with Gasteiger partial charge >= 0.3 is 0 Å². The molecule has 5 nitrogen and oxygen atoms in total. The lowest BCUT2D eigenvalue weighted by atomic mass is 9.87. The quantitative estimate of drug-likeness (QED) is 0.358. The predicted molar refractivity (Wildman–Crippen MR) is 130 cm³/mol. The Balaban J connectivity index is 0.00000225. The van der Waals surface area contributed by atoms with Crippen molar-refractivity contribution in [2.75, 3.05) is 39.0 Å². The first kappa shape index (κ1) is 22.2. The summed E-state index contributed by atoms with van der Waals surface area (Å²) < 4.78 is 0.403. The molecule has 1 saturated carbocycles. The maximum atomic E-state index is 12.7. The Kier molecular flexibility index (Phi) is 7.95. The summed E-state index contributed by atoms with van der Waals surface area (Å²) in [5.74, 6) is 2.22. The zero-order valence-electron chi connectivity index (χ0n) is 16.6. The summed E-state index contributed by atoms with van der Waals surface area (Å²) in [7, 11) is 1.83. The lowest BCUT2D eigenvalue weighted by molar-refractivity contribution is -0.130. The van der Waals surface area contributed by atoms with Crippen molar-refractivity contribution in [3.8, 4) is 0 Å². The number of aliphatic imine (C=N–C) groups is 1. The van der Waals surface area contributed by atoms with E-state index in [4.69, 9.17) is 0 Å². The molecule has 2 aliphatic heterocycles. The highest BCUT2D eigenvalue weighted by atomic mass is 127. The van der Waals surface area contributed by atoms with Gasteiger partial charge in [-0.15, -0.1) is 35.3 Å². The van der Waals surface area contributed by atoms with Gasteiger partial charge in [-0.3, -0.25) is 9.79 Å². The van der Waals surface area contributed by atoms with Crippen LogP contribution in [0, 0.1) is 0 Å². The second-order valence-corrected chi connectivity index (χ2v) is 10.4. The molecule has 8 heteroatoms. The molecule has 1 N–H and O–H groups in total. The fourth-order valence-corrected chi connectivity index (χ4v) is 7.04. The van der Waals surface area contributed by atoms with Crippen LogP contribution in [0.4, 0.5) is 0 Å². The number of carbonyl (C=O) groups is 1. The number of fused-ring (bicyclic) bond motifs is 1. The van der Waals surface area contributed by atoms with Crippen molar-refractivity contribution in [1.82, 2.24) is 15.1 Å². The third kappa shape index (κ3) is 4.98. The molecule has 3 heterocycles. The summed E-state index contributed by atoms with van der Waals surface area (Å²) >= 11 is 3.97. The summed E-state index contributed by atoms with van der Waals surface area (Å²) in [5, 5.41) is 5.49. The Hall–Kier alpha value is -0.480. The molecule has 156 valence electrons. The maximum Gasteiger partial charge on any atom is 0.242 e. The van der Waals surface area contributed by atoms with Gasteiger partial charge in [-0.2, -0.15) is 11.8 Å². The average molecular weight is 535 g/mol.